The molecule has 8 nitrogen and oxygen atoms in total. The standard InChI is InChI=1S/C22H27N5O3/c1-16-12-20(29-2)21(30-3)13-17(16)14-25-8-10-26(11-9-25)15-27-22(28)18-6-4-5-7-19(18)23-24-27/h4-7,12-13H,8-11,14-15H2,1-3H3/p+2. The molecule has 2 aromatic carbocycles. The van der Waals surface area contributed by atoms with Gasteiger partial charge in [0.15, 0.2) is 18.2 Å². The third-order valence-electron chi connectivity index (χ3n) is 5.95. The largest absolute Gasteiger partial charge is 0.493 e. The minimum atomic E-state index is -0.0659. The fourth-order valence-electron chi connectivity index (χ4n) is 4.11. The molecule has 8 heteroatoms. The van der Waals surface area contributed by atoms with Crippen molar-refractivity contribution in [2.75, 3.05) is 40.4 Å². The van der Waals surface area contributed by atoms with Crippen molar-refractivity contribution >= 4 is 10.9 Å². The van der Waals surface area contributed by atoms with Gasteiger partial charge in [0.05, 0.1) is 19.6 Å². The Labute approximate surface area is 175 Å². The molecule has 158 valence electrons. The van der Waals surface area contributed by atoms with Crippen LogP contribution in [0.4, 0.5) is 0 Å². The van der Waals surface area contributed by atoms with Crippen molar-refractivity contribution < 1.29 is 19.3 Å². The first-order valence-electron chi connectivity index (χ1n) is 10.3. The van der Waals surface area contributed by atoms with E-state index in [-0.39, 0.29) is 5.56 Å². The summed E-state index contributed by atoms with van der Waals surface area (Å²) in [5, 5.41) is 8.95. The lowest BCUT2D eigenvalue weighted by molar-refractivity contribution is -1.03. The summed E-state index contributed by atoms with van der Waals surface area (Å²) in [7, 11) is 3.33. The summed E-state index contributed by atoms with van der Waals surface area (Å²) in [4.78, 5) is 15.6. The molecule has 0 atom stereocenters. The molecule has 1 aliphatic rings. The average molecular weight is 412 g/mol. The van der Waals surface area contributed by atoms with Gasteiger partial charge in [-0.15, -0.1) is 5.10 Å². The van der Waals surface area contributed by atoms with Crippen LogP contribution >= 0.6 is 0 Å². The van der Waals surface area contributed by atoms with Crippen LogP contribution in [0, 0.1) is 6.92 Å². The molecule has 2 heterocycles. The number of ether oxygens (including phenoxy) is 2. The van der Waals surface area contributed by atoms with Gasteiger partial charge in [-0.25, -0.2) is 0 Å². The maximum absolute atomic E-state index is 12.7. The Hall–Kier alpha value is -2.97. The molecule has 30 heavy (non-hydrogen) atoms. The number of nitrogens with zero attached hydrogens (tertiary/aromatic N) is 3. The van der Waals surface area contributed by atoms with E-state index < -0.39 is 0 Å². The smallest absolute Gasteiger partial charge is 0.282 e. The van der Waals surface area contributed by atoms with Gasteiger partial charge in [0.1, 0.15) is 38.2 Å². The summed E-state index contributed by atoms with van der Waals surface area (Å²) in [5.41, 5.74) is 3.08. The fraction of sp³-hybridized carbons (Fsp3) is 0.409. The van der Waals surface area contributed by atoms with Gasteiger partial charge in [-0.2, -0.15) is 4.68 Å². The first-order chi connectivity index (χ1) is 14.6. The lowest BCUT2D eigenvalue weighted by atomic mass is 10.1. The number of quaternary nitrogens is 2. The van der Waals surface area contributed by atoms with E-state index in [1.54, 1.807) is 14.2 Å². The van der Waals surface area contributed by atoms with Crippen molar-refractivity contribution in [3.63, 3.8) is 0 Å². The number of methoxy groups -OCH3 is 2. The second-order valence-electron chi connectivity index (χ2n) is 7.88. The summed E-state index contributed by atoms with van der Waals surface area (Å²) in [6.45, 7) is 7.68. The van der Waals surface area contributed by atoms with Crippen LogP contribution in [0.2, 0.25) is 0 Å². The molecule has 0 spiro atoms. The molecule has 1 aromatic heterocycles. The van der Waals surface area contributed by atoms with Crippen LogP contribution in [0.25, 0.3) is 10.9 Å². The fourth-order valence-corrected chi connectivity index (χ4v) is 4.11. The second-order valence-corrected chi connectivity index (χ2v) is 7.88. The quantitative estimate of drug-likeness (QED) is 0.548. The molecule has 0 amide bonds. The first-order valence-corrected chi connectivity index (χ1v) is 10.3. The molecular weight excluding hydrogens is 382 g/mol. The number of aromatic nitrogens is 3. The van der Waals surface area contributed by atoms with E-state index in [1.807, 2.05) is 30.3 Å². The van der Waals surface area contributed by atoms with E-state index in [0.717, 1.165) is 44.2 Å². The molecule has 4 rings (SSSR count). The predicted octanol–water partition coefficient (Wildman–Crippen LogP) is -0.942. The van der Waals surface area contributed by atoms with E-state index in [1.165, 1.54) is 25.6 Å². The maximum atomic E-state index is 12.7. The van der Waals surface area contributed by atoms with Gasteiger partial charge >= 0.3 is 0 Å². The van der Waals surface area contributed by atoms with E-state index >= 15 is 0 Å². The van der Waals surface area contributed by atoms with Crippen LogP contribution in [-0.4, -0.2) is 55.4 Å². The van der Waals surface area contributed by atoms with E-state index in [2.05, 4.69) is 23.3 Å². The highest BCUT2D eigenvalue weighted by Crippen LogP contribution is 2.29. The Bertz CT molecular complexity index is 1090. The van der Waals surface area contributed by atoms with Crippen molar-refractivity contribution in [1.29, 1.82) is 0 Å². The Balaban J connectivity index is 1.39. The number of hydrogen-bond acceptors (Lipinski definition) is 5. The molecule has 1 aliphatic heterocycles. The maximum Gasteiger partial charge on any atom is 0.282 e. The third-order valence-corrected chi connectivity index (χ3v) is 5.95. The normalized spacial score (nSPS) is 19.0. The molecule has 3 aromatic rings. The first kappa shape index (κ1) is 20.3. The summed E-state index contributed by atoms with van der Waals surface area (Å²) < 4.78 is 12.4. The molecule has 0 bridgehead atoms. The highest BCUT2D eigenvalue weighted by Gasteiger charge is 2.25. The van der Waals surface area contributed by atoms with Gasteiger partial charge in [0, 0.05) is 5.56 Å². The van der Waals surface area contributed by atoms with Crippen LogP contribution in [0.5, 0.6) is 11.5 Å². The van der Waals surface area contributed by atoms with Crippen LogP contribution in [0.1, 0.15) is 11.1 Å². The van der Waals surface area contributed by atoms with Crippen LogP contribution in [0.15, 0.2) is 41.2 Å². The third kappa shape index (κ3) is 4.15. The lowest BCUT2D eigenvalue weighted by Crippen LogP contribution is -3.27. The zero-order chi connectivity index (χ0) is 21.1. The van der Waals surface area contributed by atoms with Crippen molar-refractivity contribution in [2.24, 2.45) is 0 Å². The number of fused-ring (bicyclic) bond motifs is 1. The van der Waals surface area contributed by atoms with Crippen molar-refractivity contribution in [3.8, 4) is 11.5 Å². The van der Waals surface area contributed by atoms with Gasteiger partial charge in [0.25, 0.3) is 5.56 Å². The van der Waals surface area contributed by atoms with E-state index in [0.29, 0.717) is 17.6 Å². The summed E-state index contributed by atoms with van der Waals surface area (Å²) in [6.07, 6.45) is 0. The highest BCUT2D eigenvalue weighted by molar-refractivity contribution is 5.76. The monoisotopic (exact) mass is 411 g/mol. The number of hydrogen-bond donors (Lipinski definition) is 2. The van der Waals surface area contributed by atoms with Gasteiger partial charge in [-0.1, -0.05) is 17.3 Å². The Morgan fingerprint density at radius 2 is 1.67 bits per heavy atom. The zero-order valence-corrected chi connectivity index (χ0v) is 17.8. The molecule has 2 N–H and O–H groups in total. The number of nitrogens with one attached hydrogen (secondary N) is 2. The molecule has 1 fully saturated rings. The Kier molecular flexibility index (Phi) is 5.96. The van der Waals surface area contributed by atoms with Crippen molar-refractivity contribution in [3.05, 3.63) is 57.9 Å². The van der Waals surface area contributed by atoms with Gasteiger partial charge < -0.3 is 19.3 Å². The summed E-state index contributed by atoms with van der Waals surface area (Å²) in [6, 6.07) is 11.5. The molecule has 0 aliphatic carbocycles. The Morgan fingerprint density at radius 1 is 1.00 bits per heavy atom. The minimum Gasteiger partial charge on any atom is -0.493 e. The Morgan fingerprint density at radius 3 is 2.40 bits per heavy atom. The van der Waals surface area contributed by atoms with Gasteiger partial charge in [-0.3, -0.25) is 4.79 Å². The SMILES string of the molecule is COc1cc(C)c(C[NH+]2CC[NH+](Cn3nnc4ccccc4c3=O)CC2)cc1OC. The minimum absolute atomic E-state index is 0.0659. The predicted molar refractivity (Wildman–Crippen MR) is 113 cm³/mol. The highest BCUT2D eigenvalue weighted by atomic mass is 16.5. The topological polar surface area (TPSA) is 75.1 Å². The molecule has 0 radical (unpaired) electrons. The van der Waals surface area contributed by atoms with Crippen LogP contribution < -0.4 is 24.8 Å². The van der Waals surface area contributed by atoms with Gasteiger partial charge in [0.2, 0.25) is 0 Å². The lowest BCUT2D eigenvalue weighted by Gasteiger charge is -2.30. The van der Waals surface area contributed by atoms with Gasteiger partial charge in [-0.05, 0) is 36.8 Å². The molecule has 1 saturated heterocycles. The number of aryl methyl sites for hydroxylation is 1. The summed E-state index contributed by atoms with van der Waals surface area (Å²) in [5.74, 6) is 1.54. The molecular formula is C22H29N5O3+2. The van der Waals surface area contributed by atoms with Crippen LogP contribution in [0.3, 0.4) is 0 Å². The summed E-state index contributed by atoms with van der Waals surface area (Å²) >= 11 is 0. The second kappa shape index (κ2) is 8.81. The molecule has 0 unspecified atom stereocenters. The number of rotatable bonds is 6. The van der Waals surface area contributed by atoms with E-state index in [9.17, 15) is 4.79 Å². The average Bonchev–Trinajstić information content (AvgIpc) is 2.78. The van der Waals surface area contributed by atoms with Crippen molar-refractivity contribution in [2.45, 2.75) is 20.1 Å². The van der Waals surface area contributed by atoms with Crippen LogP contribution in [-0.2, 0) is 13.2 Å². The zero-order valence-electron chi connectivity index (χ0n) is 17.8. The number of benzene rings is 2. The van der Waals surface area contributed by atoms with E-state index in [4.69, 9.17) is 9.47 Å². The number of piperazine rings is 1. The molecule has 0 saturated carbocycles. The van der Waals surface area contributed by atoms with Crippen molar-refractivity contribution in [1.82, 2.24) is 15.0 Å².